The summed E-state index contributed by atoms with van der Waals surface area (Å²) in [6, 6.07) is -0.888. The number of nitrogens with zero attached hydrogens (tertiary/aromatic N) is 3. The van der Waals surface area contributed by atoms with Crippen LogP contribution in [0.4, 0.5) is 0 Å². The lowest BCUT2D eigenvalue weighted by Crippen LogP contribution is -2.55. The molecule has 1 fully saturated rings. The van der Waals surface area contributed by atoms with Crippen molar-refractivity contribution in [3.05, 3.63) is 34.3 Å². The van der Waals surface area contributed by atoms with Gasteiger partial charge in [-0.25, -0.2) is 0 Å². The van der Waals surface area contributed by atoms with Crippen LogP contribution < -0.4 is 5.32 Å². The van der Waals surface area contributed by atoms with Gasteiger partial charge in [-0.1, -0.05) is 34.6 Å². The third-order valence-corrected chi connectivity index (χ3v) is 16.8. The highest BCUT2D eigenvalue weighted by Gasteiger charge is 2.66. The molecule has 70 heavy (non-hydrogen) atoms. The molecule has 0 aliphatic carbocycles. The van der Waals surface area contributed by atoms with E-state index in [4.69, 9.17) is 48.1 Å². The molecule has 0 saturated carbocycles. The van der Waals surface area contributed by atoms with Crippen LogP contribution in [-0.4, -0.2) is 120 Å². The molecule has 1 saturated heterocycles. The molecule has 18 nitrogen and oxygen atoms in total. The number of allylic oxidation sites excluding steroid dienone is 6. The zero-order valence-corrected chi connectivity index (χ0v) is 43.8. The van der Waals surface area contributed by atoms with E-state index in [1.54, 1.807) is 0 Å². The lowest BCUT2D eigenvalue weighted by molar-refractivity contribution is -0.147. The Bertz CT molecular complexity index is 2340. The van der Waals surface area contributed by atoms with Gasteiger partial charge in [0.1, 0.15) is 0 Å². The van der Waals surface area contributed by atoms with Crippen LogP contribution in [0.1, 0.15) is 126 Å². The Hall–Kier alpha value is -5.68. The third-order valence-electron chi connectivity index (χ3n) is 16.8. The Kier molecular flexibility index (Phi) is 16.9. The number of nitrogens with one attached hydrogen (secondary N) is 1. The van der Waals surface area contributed by atoms with Crippen molar-refractivity contribution in [2.45, 2.75) is 138 Å². The molecule has 0 spiro atoms. The van der Waals surface area contributed by atoms with Crippen LogP contribution in [0.2, 0.25) is 0 Å². The lowest BCUT2D eigenvalue weighted by Gasteiger charge is -2.48. The van der Waals surface area contributed by atoms with Crippen LogP contribution in [0.15, 0.2) is 49.3 Å². The van der Waals surface area contributed by atoms with Gasteiger partial charge >= 0.3 is 41.8 Å². The summed E-state index contributed by atoms with van der Waals surface area (Å²) in [6.45, 7) is 15.7. The quantitative estimate of drug-likeness (QED) is 0.113. The predicted octanol–water partition coefficient (Wildman–Crippen LogP) is 6.54. The molecule has 0 unspecified atom stereocenters. The van der Waals surface area contributed by atoms with Crippen LogP contribution >= 0.6 is 0 Å². The maximum absolute atomic E-state index is 14.0. The van der Waals surface area contributed by atoms with Crippen molar-refractivity contribution in [3.8, 4) is 0 Å². The normalized spacial score (nSPS) is 32.4. The first kappa shape index (κ1) is 55.2. The maximum atomic E-state index is 14.0. The highest BCUT2D eigenvalue weighted by Crippen LogP contribution is 2.62. The number of carbonyl (C=O) groups is 7. The number of fused-ring (bicyclic) bond motifs is 6. The maximum Gasteiger partial charge on any atom is 0.306 e. The molecular formula is C52H74N4O14. The number of methoxy groups -OCH3 is 7. The van der Waals surface area contributed by atoms with Gasteiger partial charge in [-0.15, -0.1) is 0 Å². The molecule has 5 aliphatic rings. The Morgan fingerprint density at radius 2 is 1.07 bits per heavy atom. The van der Waals surface area contributed by atoms with E-state index in [1.807, 2.05) is 47.6 Å². The molecule has 386 valence electrons. The first-order valence-corrected chi connectivity index (χ1v) is 24.0. The van der Waals surface area contributed by atoms with Crippen molar-refractivity contribution in [2.75, 3.05) is 49.8 Å². The molecule has 8 bridgehead atoms. The highest BCUT2D eigenvalue weighted by molar-refractivity contribution is 6.10. The average molecular weight is 979 g/mol. The van der Waals surface area contributed by atoms with Gasteiger partial charge in [0.2, 0.25) is 0 Å². The molecule has 1 N–H and O–H groups in total. The molecular weight excluding hydrogens is 905 g/mol. The molecule has 0 radical (unpaired) electrons. The summed E-state index contributed by atoms with van der Waals surface area (Å²) in [4.78, 5) is 111. The number of aliphatic imine (C=N–C) groups is 3. The predicted molar refractivity (Wildman–Crippen MR) is 258 cm³/mol. The zero-order chi connectivity index (χ0) is 52.3. The van der Waals surface area contributed by atoms with Crippen LogP contribution in [0.5, 0.6) is 0 Å². The van der Waals surface area contributed by atoms with E-state index in [0.717, 1.165) is 0 Å². The second-order valence-electron chi connectivity index (χ2n) is 20.7. The summed E-state index contributed by atoms with van der Waals surface area (Å²) in [5, 5.41) is 3.73. The summed E-state index contributed by atoms with van der Waals surface area (Å²) >= 11 is 0. The van der Waals surface area contributed by atoms with Gasteiger partial charge in [0, 0.05) is 105 Å². The summed E-state index contributed by atoms with van der Waals surface area (Å²) in [5.74, 6) is -5.67. The number of hydrogen-bond donors (Lipinski definition) is 1. The number of esters is 7. The number of ether oxygens (including phenoxy) is 7. The minimum Gasteiger partial charge on any atom is -0.469 e. The molecule has 5 aliphatic heterocycles. The van der Waals surface area contributed by atoms with Gasteiger partial charge in [-0.3, -0.25) is 48.5 Å². The summed E-state index contributed by atoms with van der Waals surface area (Å²) < 4.78 is 36.8. The Balaban J connectivity index is 2.05. The Labute approximate surface area is 411 Å². The van der Waals surface area contributed by atoms with Crippen molar-refractivity contribution in [1.29, 1.82) is 0 Å². The highest BCUT2D eigenvalue weighted by atomic mass is 16.5. The van der Waals surface area contributed by atoms with Crippen molar-refractivity contribution < 1.29 is 66.7 Å². The van der Waals surface area contributed by atoms with Crippen LogP contribution in [0, 0.1) is 45.3 Å². The SMILES string of the molecule is COC(=O)CC[C@@H]1C2=C(C)C3=N[C@@H]([C@H](CC(=O)OC)[C@@]3(C)CCC(=O)OC)[C@@]3(C)N=C(/C(C)=C4\N/C(=C\C(=N2)C1(C)C)[C@@H](CCC(=O)OC)[C@]4(C)CC(=O)OC)[C@@H](CCC(=O)OC)[C@]3(C)CC(=O)OC. The molecule has 18 heteroatoms. The van der Waals surface area contributed by atoms with E-state index in [-0.39, 0.29) is 64.2 Å². The third kappa shape index (κ3) is 9.97. The van der Waals surface area contributed by atoms with Crippen molar-refractivity contribution in [1.82, 2.24) is 5.32 Å². The first-order chi connectivity index (χ1) is 32.8. The summed E-state index contributed by atoms with van der Waals surface area (Å²) in [6.07, 6.45) is 2.42. The van der Waals surface area contributed by atoms with Gasteiger partial charge in [0.15, 0.2) is 0 Å². The van der Waals surface area contributed by atoms with Gasteiger partial charge < -0.3 is 38.5 Å². The van der Waals surface area contributed by atoms with Gasteiger partial charge in [-0.05, 0) is 63.7 Å². The smallest absolute Gasteiger partial charge is 0.306 e. The standard InChI is InChI=1S/C52H74N4O14/c1-28-43-31(17-20-37(58)65-10)48(3,4)35(54-43)25-34-30(16-19-36(57)64-9)50(6,26-41(62)69-14)46(53-34)29(2)44-32(18-21-38(59)66-11)51(7,27-42(63)70-15)52(8,56-44)47-33(24-40(61)68-13)49(5,45(28)55-47)23-22-39(60)67-12/h25,30-33,47,53H,16-24,26-27H2,1-15H3/b34-25-,43-28?,46-29-/t30-,31-,32-,33+,47+,49-,50+,51+,52-/m1/s1. The van der Waals surface area contributed by atoms with Crippen LogP contribution in [0.25, 0.3) is 0 Å². The molecule has 0 amide bonds. The van der Waals surface area contributed by atoms with Gasteiger partial charge in [0.05, 0.1) is 80.6 Å². The minimum absolute atomic E-state index is 0.0103. The summed E-state index contributed by atoms with van der Waals surface area (Å²) in [7, 11) is 9.21. The van der Waals surface area contributed by atoms with E-state index in [2.05, 4.69) is 19.2 Å². The minimum atomic E-state index is -1.37. The van der Waals surface area contributed by atoms with Gasteiger partial charge in [-0.2, -0.15) is 0 Å². The van der Waals surface area contributed by atoms with Crippen molar-refractivity contribution in [3.63, 3.8) is 0 Å². The largest absolute Gasteiger partial charge is 0.469 e. The Morgan fingerprint density at radius 3 is 1.60 bits per heavy atom. The van der Waals surface area contributed by atoms with E-state index >= 15 is 0 Å². The first-order valence-electron chi connectivity index (χ1n) is 24.0. The Morgan fingerprint density at radius 1 is 0.586 bits per heavy atom. The molecule has 5 heterocycles. The molecule has 0 aromatic heterocycles. The monoisotopic (exact) mass is 979 g/mol. The zero-order valence-electron chi connectivity index (χ0n) is 43.8. The second-order valence-corrected chi connectivity index (χ2v) is 20.7. The number of rotatable bonds is 18. The van der Waals surface area contributed by atoms with Crippen molar-refractivity contribution in [2.24, 2.45) is 60.3 Å². The lowest BCUT2D eigenvalue weighted by atomic mass is 9.55. The topological polar surface area (TPSA) is 233 Å². The fraction of sp³-hybridized carbons (Fsp3) is 0.692. The van der Waals surface area contributed by atoms with Crippen LogP contribution in [0.3, 0.4) is 0 Å². The number of hydrogen-bond acceptors (Lipinski definition) is 18. The molecule has 0 aromatic carbocycles. The van der Waals surface area contributed by atoms with E-state index in [1.165, 1.54) is 49.8 Å². The fourth-order valence-corrected chi connectivity index (χ4v) is 12.3. The van der Waals surface area contributed by atoms with E-state index in [0.29, 0.717) is 51.8 Å². The molecule has 0 aromatic rings. The van der Waals surface area contributed by atoms with E-state index in [9.17, 15) is 33.6 Å². The summed E-state index contributed by atoms with van der Waals surface area (Å²) in [5.41, 5.74) is -0.483. The van der Waals surface area contributed by atoms with E-state index < -0.39 is 98.7 Å². The number of carbonyl (C=O) groups excluding carboxylic acids is 7. The second kappa shape index (κ2) is 21.4. The average Bonchev–Trinajstić information content (AvgIpc) is 3.95. The molecule has 9 atom stereocenters. The fourth-order valence-electron chi connectivity index (χ4n) is 12.3. The van der Waals surface area contributed by atoms with Gasteiger partial charge in [0.25, 0.3) is 0 Å². The van der Waals surface area contributed by atoms with Crippen molar-refractivity contribution >= 4 is 58.9 Å². The molecule has 5 rings (SSSR count). The van der Waals surface area contributed by atoms with Crippen LogP contribution in [-0.2, 0) is 66.7 Å².